The molecule has 2 saturated heterocycles. The number of carboxylic acid groups (broad SMARTS) is 1. The van der Waals surface area contributed by atoms with E-state index in [1.807, 2.05) is 6.92 Å². The second-order valence-corrected chi connectivity index (χ2v) is 12.7. The summed E-state index contributed by atoms with van der Waals surface area (Å²) in [6.45, 7) is 9.28. The molecular weight excluding hydrogens is 488 g/mol. The van der Waals surface area contributed by atoms with Gasteiger partial charge in [-0.05, 0) is 99.3 Å². The molecule has 3 atom stereocenters. The topological polar surface area (TPSA) is 71.9 Å². The van der Waals surface area contributed by atoms with E-state index in [2.05, 4.69) is 49.1 Å². The lowest BCUT2D eigenvalue weighted by Gasteiger charge is -2.36. The number of fused-ring (bicyclic) bond motifs is 1. The monoisotopic (exact) mass is 534 g/mol. The highest BCUT2D eigenvalue weighted by molar-refractivity contribution is 5.76. The first-order valence-electron chi connectivity index (χ1n) is 15.1. The van der Waals surface area contributed by atoms with Crippen molar-refractivity contribution < 1.29 is 19.4 Å². The summed E-state index contributed by atoms with van der Waals surface area (Å²) < 4.78 is 12.5. The van der Waals surface area contributed by atoms with Crippen LogP contribution in [-0.2, 0) is 33.5 Å². The van der Waals surface area contributed by atoms with E-state index in [0.29, 0.717) is 19.8 Å². The fraction of sp³-hybridized carbons (Fsp3) is 0.636. The van der Waals surface area contributed by atoms with Crippen LogP contribution in [0.5, 0.6) is 0 Å². The van der Waals surface area contributed by atoms with Crippen LogP contribution in [0.25, 0.3) is 0 Å². The third kappa shape index (κ3) is 7.08. The minimum Gasteiger partial charge on any atom is -0.480 e. The van der Waals surface area contributed by atoms with Gasteiger partial charge in [0.25, 0.3) is 0 Å². The number of pyridine rings is 1. The Bertz CT molecular complexity index is 1140. The Balaban J connectivity index is 1.14. The molecule has 212 valence electrons. The van der Waals surface area contributed by atoms with Gasteiger partial charge >= 0.3 is 5.97 Å². The standard InChI is InChI=1S/C33H46N2O4/c1-23-11-14-27(30-15-17-33(2,3)22-39-30)28(20-23)31(32(36)37)35-18-16-26(21-35)38-19-7-6-9-25-13-12-24-8-4-5-10-29(24)34-25/h11-14,20,26,30-31H,4-10,15-19,21-22H2,1-3H3,(H,36,37)/t26-,30?,31?/m1/s1. The predicted octanol–water partition coefficient (Wildman–Crippen LogP) is 6.39. The lowest BCUT2D eigenvalue weighted by molar-refractivity contribution is -0.143. The zero-order valence-corrected chi connectivity index (χ0v) is 24.1. The molecule has 39 heavy (non-hydrogen) atoms. The van der Waals surface area contributed by atoms with Crippen molar-refractivity contribution in [2.24, 2.45) is 5.41 Å². The van der Waals surface area contributed by atoms with Gasteiger partial charge in [-0.15, -0.1) is 0 Å². The molecule has 2 fully saturated rings. The third-order valence-electron chi connectivity index (χ3n) is 8.83. The van der Waals surface area contributed by atoms with E-state index in [0.717, 1.165) is 68.2 Å². The number of carboxylic acids is 1. The minimum atomic E-state index is -0.795. The van der Waals surface area contributed by atoms with Crippen molar-refractivity contribution in [3.8, 4) is 0 Å². The summed E-state index contributed by atoms with van der Waals surface area (Å²) in [7, 11) is 0. The number of benzene rings is 1. The van der Waals surface area contributed by atoms with E-state index in [4.69, 9.17) is 14.5 Å². The van der Waals surface area contributed by atoms with Crippen molar-refractivity contribution in [2.45, 2.75) is 103 Å². The maximum Gasteiger partial charge on any atom is 0.325 e. The van der Waals surface area contributed by atoms with Gasteiger partial charge in [-0.1, -0.05) is 43.7 Å². The second-order valence-electron chi connectivity index (χ2n) is 12.7. The lowest BCUT2D eigenvalue weighted by atomic mass is 9.82. The SMILES string of the molecule is Cc1ccc(C2CCC(C)(C)CO2)c(C(C(=O)O)N2CC[C@@H](OCCCCc3ccc4c(n3)CCCC4)C2)c1. The highest BCUT2D eigenvalue weighted by Gasteiger charge is 2.37. The Kier molecular flexibility index (Phi) is 9.05. The van der Waals surface area contributed by atoms with Crippen LogP contribution >= 0.6 is 0 Å². The summed E-state index contributed by atoms with van der Waals surface area (Å²) in [6.07, 6.45) is 10.8. The quantitative estimate of drug-likeness (QED) is 0.356. The molecule has 6 heteroatoms. The molecule has 0 bridgehead atoms. The van der Waals surface area contributed by atoms with E-state index >= 15 is 0 Å². The maximum absolute atomic E-state index is 12.6. The van der Waals surface area contributed by atoms with Crippen molar-refractivity contribution in [2.75, 3.05) is 26.3 Å². The van der Waals surface area contributed by atoms with Crippen LogP contribution in [0, 0.1) is 12.3 Å². The summed E-state index contributed by atoms with van der Waals surface area (Å²) in [5.41, 5.74) is 7.11. The Labute approximate surface area is 234 Å². The molecule has 2 aliphatic heterocycles. The fourth-order valence-electron chi connectivity index (χ4n) is 6.51. The minimum absolute atomic E-state index is 0.0465. The van der Waals surface area contributed by atoms with E-state index in [1.54, 1.807) is 0 Å². The van der Waals surface area contributed by atoms with Gasteiger partial charge in [-0.2, -0.15) is 0 Å². The zero-order valence-electron chi connectivity index (χ0n) is 24.1. The van der Waals surface area contributed by atoms with E-state index in [9.17, 15) is 9.90 Å². The van der Waals surface area contributed by atoms with E-state index in [1.165, 1.54) is 36.2 Å². The second kappa shape index (κ2) is 12.5. The predicted molar refractivity (Wildman–Crippen MR) is 153 cm³/mol. The van der Waals surface area contributed by atoms with Gasteiger partial charge in [0, 0.05) is 31.1 Å². The molecule has 6 nitrogen and oxygen atoms in total. The van der Waals surface area contributed by atoms with Gasteiger partial charge in [0.1, 0.15) is 6.04 Å². The first-order valence-corrected chi connectivity index (χ1v) is 15.1. The van der Waals surface area contributed by atoms with E-state index in [-0.39, 0.29) is 17.6 Å². The van der Waals surface area contributed by atoms with Gasteiger partial charge in [0.2, 0.25) is 0 Å². The molecule has 2 aromatic rings. The highest BCUT2D eigenvalue weighted by Crippen LogP contribution is 2.41. The Morgan fingerprint density at radius 3 is 2.82 bits per heavy atom. The molecule has 3 aliphatic rings. The van der Waals surface area contributed by atoms with Gasteiger partial charge < -0.3 is 14.6 Å². The first kappa shape index (κ1) is 28.3. The maximum atomic E-state index is 12.6. The van der Waals surface area contributed by atoms with Gasteiger partial charge in [-0.3, -0.25) is 14.7 Å². The number of carbonyl (C=O) groups is 1. The molecule has 3 heterocycles. The Morgan fingerprint density at radius 2 is 2.03 bits per heavy atom. The number of unbranched alkanes of at least 4 members (excludes halogenated alkanes) is 1. The molecule has 0 amide bonds. The normalized spacial score (nSPS) is 23.9. The van der Waals surface area contributed by atoms with Gasteiger partial charge in [0.05, 0.1) is 18.8 Å². The zero-order chi connectivity index (χ0) is 27.4. The van der Waals surface area contributed by atoms with Crippen molar-refractivity contribution >= 4 is 5.97 Å². The largest absolute Gasteiger partial charge is 0.480 e. The smallest absolute Gasteiger partial charge is 0.325 e. The van der Waals surface area contributed by atoms with Crippen molar-refractivity contribution in [3.05, 3.63) is 64.0 Å². The molecule has 1 aromatic carbocycles. The molecule has 1 N–H and O–H groups in total. The summed E-state index contributed by atoms with van der Waals surface area (Å²) in [5.74, 6) is -0.795. The highest BCUT2D eigenvalue weighted by atomic mass is 16.5. The number of nitrogens with zero attached hydrogens (tertiary/aromatic N) is 2. The fourth-order valence-corrected chi connectivity index (χ4v) is 6.51. The van der Waals surface area contributed by atoms with E-state index < -0.39 is 12.0 Å². The number of ether oxygens (including phenoxy) is 2. The molecular formula is C33H46N2O4. The molecule has 0 spiro atoms. The average Bonchev–Trinajstić information content (AvgIpc) is 3.37. The van der Waals surface area contributed by atoms with Crippen LogP contribution in [-0.4, -0.2) is 53.4 Å². The average molecular weight is 535 g/mol. The summed E-state index contributed by atoms with van der Waals surface area (Å²) >= 11 is 0. The van der Waals surface area contributed by atoms with Crippen LogP contribution < -0.4 is 0 Å². The molecule has 0 saturated carbocycles. The summed E-state index contributed by atoms with van der Waals surface area (Å²) in [5, 5.41) is 10.4. The Hall–Kier alpha value is -2.28. The molecule has 2 unspecified atom stereocenters. The number of hydrogen-bond donors (Lipinski definition) is 1. The summed E-state index contributed by atoms with van der Waals surface area (Å²) in [6, 6.07) is 10.0. The first-order chi connectivity index (χ1) is 18.8. The van der Waals surface area contributed by atoms with Crippen LogP contribution in [0.15, 0.2) is 30.3 Å². The van der Waals surface area contributed by atoms with Gasteiger partial charge in [0.15, 0.2) is 0 Å². The number of aromatic nitrogens is 1. The molecule has 0 radical (unpaired) electrons. The Morgan fingerprint density at radius 1 is 1.18 bits per heavy atom. The number of likely N-dealkylation sites (tertiary alicyclic amines) is 1. The molecule has 1 aromatic heterocycles. The third-order valence-corrected chi connectivity index (χ3v) is 8.83. The number of rotatable bonds is 10. The van der Waals surface area contributed by atoms with Crippen LogP contribution in [0.3, 0.4) is 0 Å². The van der Waals surface area contributed by atoms with Crippen LogP contribution in [0.1, 0.15) is 105 Å². The molecule has 5 rings (SSSR count). The van der Waals surface area contributed by atoms with Crippen molar-refractivity contribution in [3.63, 3.8) is 0 Å². The molecule has 1 aliphatic carbocycles. The van der Waals surface area contributed by atoms with Gasteiger partial charge in [-0.25, -0.2) is 0 Å². The number of hydrogen-bond acceptors (Lipinski definition) is 5. The number of aliphatic carboxylic acids is 1. The van der Waals surface area contributed by atoms with Crippen molar-refractivity contribution in [1.29, 1.82) is 0 Å². The lowest BCUT2D eigenvalue weighted by Crippen LogP contribution is -2.35. The van der Waals surface area contributed by atoms with Crippen LogP contribution in [0.2, 0.25) is 0 Å². The van der Waals surface area contributed by atoms with Crippen LogP contribution in [0.4, 0.5) is 0 Å². The summed E-state index contributed by atoms with van der Waals surface area (Å²) in [4.78, 5) is 19.6. The van der Waals surface area contributed by atoms with Crippen molar-refractivity contribution in [1.82, 2.24) is 9.88 Å². The number of aryl methyl sites for hydroxylation is 4.